The number of amides is 1. The number of halogens is 1. The van der Waals surface area contributed by atoms with Gasteiger partial charge >= 0.3 is 0 Å². The average molecular weight is 175 g/mol. The van der Waals surface area contributed by atoms with E-state index in [4.69, 9.17) is 16.9 Å². The van der Waals surface area contributed by atoms with Gasteiger partial charge in [0.25, 0.3) is 0 Å². The molecule has 0 bridgehead atoms. The van der Waals surface area contributed by atoms with Crippen LogP contribution < -0.4 is 5.32 Å². The Morgan fingerprint density at radius 3 is 2.91 bits per heavy atom. The molecule has 0 fully saturated rings. The zero-order valence-corrected chi connectivity index (χ0v) is 7.02. The van der Waals surface area contributed by atoms with Crippen LogP contribution in [0.2, 0.25) is 0 Å². The van der Waals surface area contributed by atoms with E-state index in [2.05, 4.69) is 5.32 Å². The molecule has 4 heteroatoms. The van der Waals surface area contributed by atoms with E-state index >= 15 is 0 Å². The number of nitriles is 1. The fourth-order valence-corrected chi connectivity index (χ4v) is 0.698. The first-order valence-electron chi connectivity index (χ1n) is 3.51. The summed E-state index contributed by atoms with van der Waals surface area (Å²) in [5, 5.41) is 10.8. The van der Waals surface area contributed by atoms with Crippen molar-refractivity contribution in [1.82, 2.24) is 5.32 Å². The van der Waals surface area contributed by atoms with Gasteiger partial charge in [0.1, 0.15) is 0 Å². The maximum atomic E-state index is 10.8. The van der Waals surface area contributed by atoms with Crippen LogP contribution in [0.3, 0.4) is 0 Å². The van der Waals surface area contributed by atoms with E-state index in [1.807, 2.05) is 6.07 Å². The highest BCUT2D eigenvalue weighted by Gasteiger charge is 1.97. The van der Waals surface area contributed by atoms with Crippen molar-refractivity contribution < 1.29 is 4.79 Å². The summed E-state index contributed by atoms with van der Waals surface area (Å²) in [5.74, 6) is 0.408. The Labute approximate surface area is 71.3 Å². The SMILES string of the molecule is N#CCCCC(=O)NCCCl. The molecule has 1 amide bonds. The Morgan fingerprint density at radius 1 is 1.64 bits per heavy atom. The quantitative estimate of drug-likeness (QED) is 0.500. The summed E-state index contributed by atoms with van der Waals surface area (Å²) in [6.07, 6.45) is 1.49. The Hall–Kier alpha value is -0.750. The molecule has 1 N–H and O–H groups in total. The average Bonchev–Trinajstić information content (AvgIpc) is 2.01. The van der Waals surface area contributed by atoms with Gasteiger partial charge in [-0.2, -0.15) is 5.26 Å². The smallest absolute Gasteiger partial charge is 0.220 e. The standard InChI is InChI=1S/C7H11ClN2O/c8-4-6-10-7(11)3-1-2-5-9/h1-4,6H2,(H,10,11). The Kier molecular flexibility index (Phi) is 6.86. The molecule has 0 aromatic rings. The van der Waals surface area contributed by atoms with E-state index in [0.29, 0.717) is 31.7 Å². The van der Waals surface area contributed by atoms with Gasteiger partial charge in [0, 0.05) is 25.3 Å². The van der Waals surface area contributed by atoms with E-state index < -0.39 is 0 Å². The lowest BCUT2D eigenvalue weighted by atomic mass is 10.2. The maximum Gasteiger partial charge on any atom is 0.220 e. The second-order valence-corrected chi connectivity index (χ2v) is 2.43. The molecule has 0 aliphatic carbocycles. The van der Waals surface area contributed by atoms with Crippen LogP contribution in [0.25, 0.3) is 0 Å². The first kappa shape index (κ1) is 10.2. The Morgan fingerprint density at radius 2 is 2.36 bits per heavy atom. The summed E-state index contributed by atoms with van der Waals surface area (Å²) in [6, 6.07) is 1.97. The van der Waals surface area contributed by atoms with Crippen LogP contribution in [0.5, 0.6) is 0 Å². The molecule has 0 heterocycles. The van der Waals surface area contributed by atoms with Gasteiger partial charge in [-0.25, -0.2) is 0 Å². The Bertz CT molecular complexity index is 153. The van der Waals surface area contributed by atoms with E-state index in [0.717, 1.165) is 0 Å². The number of alkyl halides is 1. The van der Waals surface area contributed by atoms with Crippen molar-refractivity contribution >= 4 is 17.5 Å². The largest absolute Gasteiger partial charge is 0.355 e. The van der Waals surface area contributed by atoms with Gasteiger partial charge in [0.2, 0.25) is 5.91 Å². The number of nitrogens with zero attached hydrogens (tertiary/aromatic N) is 1. The number of hydrogen-bond acceptors (Lipinski definition) is 2. The van der Waals surface area contributed by atoms with Crippen molar-refractivity contribution in [3.63, 3.8) is 0 Å². The molecule has 0 saturated carbocycles. The number of carbonyl (C=O) groups is 1. The highest BCUT2D eigenvalue weighted by atomic mass is 35.5. The van der Waals surface area contributed by atoms with Gasteiger partial charge in [0.15, 0.2) is 0 Å². The van der Waals surface area contributed by atoms with Gasteiger partial charge in [-0.1, -0.05) is 0 Å². The second-order valence-electron chi connectivity index (χ2n) is 2.05. The summed E-state index contributed by atoms with van der Waals surface area (Å²) in [4.78, 5) is 10.8. The van der Waals surface area contributed by atoms with Crippen molar-refractivity contribution in [2.24, 2.45) is 0 Å². The predicted octanol–water partition coefficient (Wildman–Crippen LogP) is 1.04. The minimum Gasteiger partial charge on any atom is -0.355 e. The molecule has 0 aromatic heterocycles. The molecule has 0 unspecified atom stereocenters. The van der Waals surface area contributed by atoms with Crippen LogP contribution in [-0.4, -0.2) is 18.3 Å². The van der Waals surface area contributed by atoms with Gasteiger partial charge in [-0.15, -0.1) is 11.6 Å². The van der Waals surface area contributed by atoms with Crippen LogP contribution in [0.15, 0.2) is 0 Å². The third-order valence-corrected chi connectivity index (χ3v) is 1.30. The minimum atomic E-state index is -0.0269. The third kappa shape index (κ3) is 7.14. The third-order valence-electron chi connectivity index (χ3n) is 1.11. The fourth-order valence-electron chi connectivity index (χ4n) is 0.603. The molecule has 0 rings (SSSR count). The van der Waals surface area contributed by atoms with Gasteiger partial charge < -0.3 is 5.32 Å². The summed E-state index contributed by atoms with van der Waals surface area (Å²) in [5.41, 5.74) is 0. The maximum absolute atomic E-state index is 10.8. The molecular weight excluding hydrogens is 164 g/mol. The van der Waals surface area contributed by atoms with E-state index in [9.17, 15) is 4.79 Å². The van der Waals surface area contributed by atoms with Crippen LogP contribution in [0.1, 0.15) is 19.3 Å². The number of nitrogens with one attached hydrogen (secondary N) is 1. The summed E-state index contributed by atoms with van der Waals surface area (Å²) >= 11 is 5.34. The lowest BCUT2D eigenvalue weighted by Crippen LogP contribution is -2.24. The normalized spacial score (nSPS) is 8.73. The molecule has 0 radical (unpaired) electrons. The molecule has 0 atom stereocenters. The molecule has 62 valence electrons. The highest BCUT2D eigenvalue weighted by molar-refractivity contribution is 6.18. The number of carbonyl (C=O) groups excluding carboxylic acids is 1. The first-order valence-corrected chi connectivity index (χ1v) is 4.04. The van der Waals surface area contributed by atoms with Gasteiger partial charge in [-0.3, -0.25) is 4.79 Å². The minimum absolute atomic E-state index is 0.0269. The number of hydrogen-bond donors (Lipinski definition) is 1. The number of rotatable bonds is 5. The van der Waals surface area contributed by atoms with Gasteiger partial charge in [-0.05, 0) is 6.42 Å². The molecular formula is C7H11ClN2O. The van der Waals surface area contributed by atoms with Crippen molar-refractivity contribution in [2.75, 3.05) is 12.4 Å². The second kappa shape index (κ2) is 7.36. The first-order chi connectivity index (χ1) is 5.31. The molecule has 11 heavy (non-hydrogen) atoms. The lowest BCUT2D eigenvalue weighted by molar-refractivity contribution is -0.121. The molecule has 0 aliphatic rings. The molecule has 0 saturated heterocycles. The van der Waals surface area contributed by atoms with Crippen molar-refractivity contribution in [2.45, 2.75) is 19.3 Å². The summed E-state index contributed by atoms with van der Waals surface area (Å²) in [7, 11) is 0. The molecule has 0 spiro atoms. The van der Waals surface area contributed by atoms with E-state index in [1.165, 1.54) is 0 Å². The van der Waals surface area contributed by atoms with Crippen molar-refractivity contribution in [1.29, 1.82) is 5.26 Å². The monoisotopic (exact) mass is 174 g/mol. The van der Waals surface area contributed by atoms with Crippen LogP contribution in [-0.2, 0) is 4.79 Å². The van der Waals surface area contributed by atoms with Crippen LogP contribution in [0, 0.1) is 11.3 Å². The Balaban J connectivity index is 3.17. The van der Waals surface area contributed by atoms with E-state index in [-0.39, 0.29) is 5.91 Å². The van der Waals surface area contributed by atoms with E-state index in [1.54, 1.807) is 0 Å². The fraction of sp³-hybridized carbons (Fsp3) is 0.714. The topological polar surface area (TPSA) is 52.9 Å². The van der Waals surface area contributed by atoms with Crippen LogP contribution in [0.4, 0.5) is 0 Å². The molecule has 0 aliphatic heterocycles. The zero-order valence-electron chi connectivity index (χ0n) is 6.27. The van der Waals surface area contributed by atoms with Crippen molar-refractivity contribution in [3.8, 4) is 6.07 Å². The number of unbranched alkanes of at least 4 members (excludes halogenated alkanes) is 1. The summed E-state index contributed by atoms with van der Waals surface area (Å²) < 4.78 is 0. The van der Waals surface area contributed by atoms with Gasteiger partial charge in [0.05, 0.1) is 6.07 Å². The molecule has 3 nitrogen and oxygen atoms in total. The summed E-state index contributed by atoms with van der Waals surface area (Å²) in [6.45, 7) is 0.507. The lowest BCUT2D eigenvalue weighted by Gasteiger charge is -1.99. The molecule has 0 aromatic carbocycles. The highest BCUT2D eigenvalue weighted by Crippen LogP contribution is 1.92. The zero-order chi connectivity index (χ0) is 8.53. The van der Waals surface area contributed by atoms with Crippen molar-refractivity contribution in [3.05, 3.63) is 0 Å². The predicted molar refractivity (Wildman–Crippen MR) is 43.2 cm³/mol. The van der Waals surface area contributed by atoms with Crippen LogP contribution >= 0.6 is 11.6 Å².